The lowest BCUT2D eigenvalue weighted by Gasteiger charge is -2.16. The number of amides is 1. The molecular formula is C21H24N2O5. The molecule has 2 aromatic carbocycles. The maximum atomic E-state index is 11.4. The van der Waals surface area contributed by atoms with Crippen molar-refractivity contribution >= 4 is 5.91 Å². The van der Waals surface area contributed by atoms with Crippen LogP contribution in [0.25, 0.3) is 0 Å². The van der Waals surface area contributed by atoms with Crippen LogP contribution in [0.2, 0.25) is 0 Å². The molecule has 0 aromatic heterocycles. The molecule has 1 amide bonds. The van der Waals surface area contributed by atoms with Crippen molar-refractivity contribution in [3.8, 4) is 29.1 Å². The van der Waals surface area contributed by atoms with Gasteiger partial charge in [0.2, 0.25) is 5.91 Å². The molecule has 0 heterocycles. The van der Waals surface area contributed by atoms with Gasteiger partial charge in [0, 0.05) is 6.54 Å². The van der Waals surface area contributed by atoms with E-state index in [2.05, 4.69) is 5.32 Å². The Morgan fingerprint density at radius 1 is 0.964 bits per heavy atom. The minimum Gasteiger partial charge on any atom is -0.493 e. The molecule has 0 unspecified atom stereocenters. The van der Waals surface area contributed by atoms with Gasteiger partial charge in [0.05, 0.1) is 20.3 Å². The number of carbonyl (C=O) groups excluding carboxylic acids is 1. The summed E-state index contributed by atoms with van der Waals surface area (Å²) in [6, 6.07) is 14.8. The van der Waals surface area contributed by atoms with Gasteiger partial charge in [-0.1, -0.05) is 24.3 Å². The zero-order valence-electron chi connectivity index (χ0n) is 16.1. The number of para-hydroxylation sites is 3. The number of nitrogens with one attached hydrogen (secondary N) is 1. The second-order valence-corrected chi connectivity index (χ2v) is 5.73. The Hall–Kier alpha value is -3.40. The molecule has 0 fully saturated rings. The van der Waals surface area contributed by atoms with Crippen molar-refractivity contribution < 1.29 is 23.7 Å². The van der Waals surface area contributed by atoms with Gasteiger partial charge in [-0.25, -0.2) is 0 Å². The Morgan fingerprint density at radius 2 is 1.64 bits per heavy atom. The molecule has 0 saturated carbocycles. The van der Waals surface area contributed by atoms with E-state index in [1.54, 1.807) is 14.2 Å². The molecule has 7 nitrogen and oxygen atoms in total. The van der Waals surface area contributed by atoms with E-state index < -0.39 is 0 Å². The zero-order valence-corrected chi connectivity index (χ0v) is 16.1. The average molecular weight is 384 g/mol. The van der Waals surface area contributed by atoms with Crippen molar-refractivity contribution in [2.75, 3.05) is 34.0 Å². The summed E-state index contributed by atoms with van der Waals surface area (Å²) in [5.74, 6) is 2.24. The van der Waals surface area contributed by atoms with Crippen molar-refractivity contribution in [2.24, 2.45) is 0 Å². The molecule has 148 valence electrons. The fraction of sp³-hybridized carbons (Fsp3) is 0.333. The van der Waals surface area contributed by atoms with Crippen LogP contribution < -0.4 is 24.3 Å². The van der Waals surface area contributed by atoms with Crippen LogP contribution in [0.5, 0.6) is 23.0 Å². The summed E-state index contributed by atoms with van der Waals surface area (Å²) < 4.78 is 22.3. The van der Waals surface area contributed by atoms with Gasteiger partial charge in [-0.3, -0.25) is 4.79 Å². The first-order valence-electron chi connectivity index (χ1n) is 8.87. The number of rotatable bonds is 11. The first-order valence-corrected chi connectivity index (χ1v) is 8.87. The molecule has 0 radical (unpaired) electrons. The monoisotopic (exact) mass is 384 g/mol. The van der Waals surface area contributed by atoms with Crippen LogP contribution in [-0.4, -0.2) is 39.9 Å². The Labute approximate surface area is 164 Å². The van der Waals surface area contributed by atoms with E-state index in [1.807, 2.05) is 48.5 Å². The highest BCUT2D eigenvalue weighted by molar-refractivity contribution is 5.77. The highest BCUT2D eigenvalue weighted by Gasteiger charge is 2.11. The standard InChI is InChI=1S/C21H24N2O5/c1-25-17-7-3-4-8-18(17)27-14-15-28-21-16(6-5-9-19(21)26-2)11-13-23-20(24)10-12-22/h3-9H,10-11,13-15H2,1-2H3,(H,23,24). The molecule has 7 heteroatoms. The van der Waals surface area contributed by atoms with Crippen molar-refractivity contribution in [3.63, 3.8) is 0 Å². The minimum absolute atomic E-state index is 0.151. The molecule has 0 atom stereocenters. The van der Waals surface area contributed by atoms with E-state index >= 15 is 0 Å². The molecule has 0 spiro atoms. The summed E-state index contributed by atoms with van der Waals surface area (Å²) in [6.45, 7) is 1.05. The van der Waals surface area contributed by atoms with Gasteiger partial charge in [-0.15, -0.1) is 0 Å². The first kappa shape index (κ1) is 20.9. The number of methoxy groups -OCH3 is 2. The summed E-state index contributed by atoms with van der Waals surface area (Å²) in [6.07, 6.45) is 0.402. The lowest BCUT2D eigenvalue weighted by Crippen LogP contribution is -2.25. The Morgan fingerprint density at radius 3 is 2.36 bits per heavy atom. The molecule has 28 heavy (non-hydrogen) atoms. The lowest BCUT2D eigenvalue weighted by atomic mass is 10.1. The predicted molar refractivity (Wildman–Crippen MR) is 104 cm³/mol. The molecule has 2 aromatic rings. The van der Waals surface area contributed by atoms with E-state index in [0.29, 0.717) is 49.2 Å². The lowest BCUT2D eigenvalue weighted by molar-refractivity contribution is -0.120. The number of hydrogen-bond donors (Lipinski definition) is 1. The SMILES string of the molecule is COc1ccccc1OCCOc1c(CCNC(=O)CC#N)cccc1OC. The third-order valence-corrected chi connectivity index (χ3v) is 3.89. The molecule has 0 aliphatic rings. The Kier molecular flexibility index (Phi) is 8.47. The summed E-state index contributed by atoms with van der Waals surface area (Å²) >= 11 is 0. The van der Waals surface area contributed by atoms with E-state index in [4.69, 9.17) is 24.2 Å². The van der Waals surface area contributed by atoms with Crippen molar-refractivity contribution in [1.82, 2.24) is 5.32 Å². The molecule has 1 N–H and O–H groups in total. The van der Waals surface area contributed by atoms with Gasteiger partial charge < -0.3 is 24.3 Å². The van der Waals surface area contributed by atoms with Gasteiger partial charge in [-0.05, 0) is 30.2 Å². The summed E-state index contributed by atoms with van der Waals surface area (Å²) in [5.41, 5.74) is 0.897. The summed E-state index contributed by atoms with van der Waals surface area (Å²) in [4.78, 5) is 11.4. The summed E-state index contributed by atoms with van der Waals surface area (Å²) in [5, 5.41) is 11.2. The normalized spacial score (nSPS) is 9.89. The maximum absolute atomic E-state index is 11.4. The van der Waals surface area contributed by atoms with E-state index in [0.717, 1.165) is 5.56 Å². The van der Waals surface area contributed by atoms with Gasteiger partial charge in [0.15, 0.2) is 23.0 Å². The molecular weight excluding hydrogens is 360 g/mol. The zero-order chi connectivity index (χ0) is 20.2. The van der Waals surface area contributed by atoms with E-state index in [-0.39, 0.29) is 12.3 Å². The smallest absolute Gasteiger partial charge is 0.234 e. The fourth-order valence-corrected chi connectivity index (χ4v) is 2.59. The number of ether oxygens (including phenoxy) is 4. The van der Waals surface area contributed by atoms with Crippen molar-refractivity contribution in [3.05, 3.63) is 48.0 Å². The van der Waals surface area contributed by atoms with Crippen LogP contribution >= 0.6 is 0 Å². The molecule has 2 rings (SSSR count). The molecule has 0 saturated heterocycles. The maximum Gasteiger partial charge on any atom is 0.234 e. The second-order valence-electron chi connectivity index (χ2n) is 5.73. The number of benzene rings is 2. The topological polar surface area (TPSA) is 89.8 Å². The van der Waals surface area contributed by atoms with Crippen molar-refractivity contribution in [1.29, 1.82) is 5.26 Å². The van der Waals surface area contributed by atoms with Gasteiger partial charge >= 0.3 is 0 Å². The van der Waals surface area contributed by atoms with Crippen LogP contribution in [-0.2, 0) is 11.2 Å². The fourth-order valence-electron chi connectivity index (χ4n) is 2.59. The van der Waals surface area contributed by atoms with Crippen LogP contribution in [0.15, 0.2) is 42.5 Å². The average Bonchev–Trinajstić information content (AvgIpc) is 2.72. The van der Waals surface area contributed by atoms with E-state index in [9.17, 15) is 4.79 Å². The van der Waals surface area contributed by atoms with Gasteiger partial charge in [-0.2, -0.15) is 5.26 Å². The minimum atomic E-state index is -0.293. The van der Waals surface area contributed by atoms with Crippen molar-refractivity contribution in [2.45, 2.75) is 12.8 Å². The third-order valence-electron chi connectivity index (χ3n) is 3.89. The quantitative estimate of drug-likeness (QED) is 0.599. The number of nitrogens with zero attached hydrogens (tertiary/aromatic N) is 1. The molecule has 0 aliphatic carbocycles. The largest absolute Gasteiger partial charge is 0.493 e. The van der Waals surface area contributed by atoms with Crippen LogP contribution in [0.4, 0.5) is 0 Å². The van der Waals surface area contributed by atoms with Gasteiger partial charge in [0.1, 0.15) is 19.6 Å². The van der Waals surface area contributed by atoms with Crippen LogP contribution in [0.3, 0.4) is 0 Å². The highest BCUT2D eigenvalue weighted by atomic mass is 16.5. The summed E-state index contributed by atoms with van der Waals surface area (Å²) in [7, 11) is 3.17. The van der Waals surface area contributed by atoms with Crippen LogP contribution in [0, 0.1) is 11.3 Å². The number of hydrogen-bond acceptors (Lipinski definition) is 6. The Balaban J connectivity index is 1.94. The molecule has 0 aliphatic heterocycles. The Bertz CT molecular complexity index is 817. The highest BCUT2D eigenvalue weighted by Crippen LogP contribution is 2.31. The first-order chi connectivity index (χ1) is 13.7. The predicted octanol–water partition coefficient (Wildman–Crippen LogP) is 2.73. The number of carbonyl (C=O) groups is 1. The number of nitriles is 1. The van der Waals surface area contributed by atoms with Crippen LogP contribution in [0.1, 0.15) is 12.0 Å². The molecule has 0 bridgehead atoms. The van der Waals surface area contributed by atoms with E-state index in [1.165, 1.54) is 0 Å². The van der Waals surface area contributed by atoms with Gasteiger partial charge in [0.25, 0.3) is 0 Å². The third kappa shape index (κ3) is 6.09. The second kappa shape index (κ2) is 11.3.